The van der Waals surface area contributed by atoms with Crippen LogP contribution in [0.4, 0.5) is 5.69 Å². The van der Waals surface area contributed by atoms with E-state index in [1.54, 1.807) is 0 Å². The monoisotopic (exact) mass is 280 g/mol. The van der Waals surface area contributed by atoms with Crippen LogP contribution < -0.4 is 5.32 Å². The molecule has 0 aromatic heterocycles. The zero-order chi connectivity index (χ0) is 12.4. The zero-order valence-corrected chi connectivity index (χ0v) is 12.0. The van der Waals surface area contributed by atoms with Crippen molar-refractivity contribution in [2.45, 2.75) is 32.1 Å². The number of fused-ring (bicyclic) bond motifs is 1. The summed E-state index contributed by atoms with van der Waals surface area (Å²) in [7, 11) is 0. The summed E-state index contributed by atoms with van der Waals surface area (Å²) in [5.74, 6) is 0.120. The molecule has 1 amide bonds. The number of halogens is 1. The molecule has 1 fully saturated rings. The van der Waals surface area contributed by atoms with E-state index in [1.165, 1.54) is 36.8 Å². The van der Waals surface area contributed by atoms with Crippen LogP contribution in [0.2, 0.25) is 0 Å². The third-order valence-corrected chi connectivity index (χ3v) is 3.95. The van der Waals surface area contributed by atoms with Gasteiger partial charge in [-0.3, -0.25) is 9.69 Å². The molecule has 0 spiro atoms. The summed E-state index contributed by atoms with van der Waals surface area (Å²) < 4.78 is 0. The van der Waals surface area contributed by atoms with Gasteiger partial charge in [0.1, 0.15) is 0 Å². The van der Waals surface area contributed by atoms with Crippen molar-refractivity contribution < 1.29 is 4.79 Å². The molecule has 1 N–H and O–H groups in total. The predicted molar refractivity (Wildman–Crippen MR) is 80.0 cm³/mol. The van der Waals surface area contributed by atoms with Crippen molar-refractivity contribution in [3.63, 3.8) is 0 Å². The first-order valence-corrected chi connectivity index (χ1v) is 6.95. The average molecular weight is 281 g/mol. The molecular formula is C15H21ClN2O. The summed E-state index contributed by atoms with van der Waals surface area (Å²) in [5, 5.41) is 3.02. The fourth-order valence-electron chi connectivity index (χ4n) is 2.99. The summed E-state index contributed by atoms with van der Waals surface area (Å²) in [4.78, 5) is 14.1. The van der Waals surface area contributed by atoms with Crippen LogP contribution in [0.3, 0.4) is 0 Å². The summed E-state index contributed by atoms with van der Waals surface area (Å²) >= 11 is 0. The third kappa shape index (κ3) is 3.48. The van der Waals surface area contributed by atoms with Crippen molar-refractivity contribution in [1.82, 2.24) is 4.90 Å². The number of carbonyl (C=O) groups is 1. The van der Waals surface area contributed by atoms with Gasteiger partial charge in [-0.05, 0) is 68.5 Å². The van der Waals surface area contributed by atoms with Crippen LogP contribution in [0.1, 0.15) is 30.4 Å². The molecule has 0 atom stereocenters. The highest BCUT2D eigenvalue weighted by Crippen LogP contribution is 2.24. The molecule has 2 aliphatic rings. The highest BCUT2D eigenvalue weighted by Gasteiger charge is 2.16. The van der Waals surface area contributed by atoms with Crippen LogP contribution in [0.5, 0.6) is 0 Å². The van der Waals surface area contributed by atoms with Crippen molar-refractivity contribution in [3.8, 4) is 0 Å². The summed E-state index contributed by atoms with van der Waals surface area (Å²) in [5.41, 5.74) is 3.82. The van der Waals surface area contributed by atoms with Crippen LogP contribution in [0.25, 0.3) is 0 Å². The molecule has 3 rings (SSSR count). The van der Waals surface area contributed by atoms with Crippen LogP contribution in [-0.4, -0.2) is 30.4 Å². The Kier molecular flexibility index (Phi) is 4.83. The van der Waals surface area contributed by atoms with Gasteiger partial charge in [0.25, 0.3) is 0 Å². The fourth-order valence-corrected chi connectivity index (χ4v) is 2.99. The Bertz CT molecular complexity index is 455. The number of carbonyl (C=O) groups excluding carboxylic acids is 1. The minimum absolute atomic E-state index is 0. The number of hydrogen-bond acceptors (Lipinski definition) is 2. The number of benzene rings is 1. The van der Waals surface area contributed by atoms with Crippen molar-refractivity contribution >= 4 is 24.0 Å². The molecular weight excluding hydrogens is 260 g/mol. The predicted octanol–water partition coefficient (Wildman–Crippen LogP) is 2.63. The van der Waals surface area contributed by atoms with Crippen LogP contribution in [-0.2, 0) is 17.6 Å². The topological polar surface area (TPSA) is 32.3 Å². The molecule has 1 aliphatic heterocycles. The van der Waals surface area contributed by atoms with E-state index in [-0.39, 0.29) is 18.3 Å². The average Bonchev–Trinajstić information content (AvgIpc) is 2.98. The van der Waals surface area contributed by atoms with Gasteiger partial charge in [0.2, 0.25) is 5.91 Å². The SMILES string of the molecule is Cl.O=C(CN1CCCC1)Nc1ccc2c(c1)CCC2. The van der Waals surface area contributed by atoms with Crippen molar-refractivity contribution in [2.75, 3.05) is 25.0 Å². The highest BCUT2D eigenvalue weighted by molar-refractivity contribution is 5.92. The second kappa shape index (κ2) is 6.40. The summed E-state index contributed by atoms with van der Waals surface area (Å²) in [6.07, 6.45) is 6.06. The molecule has 0 unspecified atom stereocenters. The lowest BCUT2D eigenvalue weighted by molar-refractivity contribution is -0.117. The summed E-state index contributed by atoms with van der Waals surface area (Å²) in [6, 6.07) is 6.34. The van der Waals surface area contributed by atoms with Crippen molar-refractivity contribution in [2.24, 2.45) is 0 Å². The second-order valence-corrected chi connectivity index (χ2v) is 5.37. The minimum Gasteiger partial charge on any atom is -0.325 e. The Morgan fingerprint density at radius 1 is 1.11 bits per heavy atom. The molecule has 4 heteroatoms. The highest BCUT2D eigenvalue weighted by atomic mass is 35.5. The Morgan fingerprint density at radius 3 is 2.63 bits per heavy atom. The molecule has 1 saturated heterocycles. The summed E-state index contributed by atoms with van der Waals surface area (Å²) in [6.45, 7) is 2.67. The molecule has 0 bridgehead atoms. The first-order valence-electron chi connectivity index (χ1n) is 6.95. The Balaban J connectivity index is 0.00000133. The maximum Gasteiger partial charge on any atom is 0.238 e. The van der Waals surface area contributed by atoms with Gasteiger partial charge in [-0.25, -0.2) is 0 Å². The smallest absolute Gasteiger partial charge is 0.238 e. The molecule has 1 heterocycles. The van der Waals surface area contributed by atoms with Gasteiger partial charge in [0.15, 0.2) is 0 Å². The quantitative estimate of drug-likeness (QED) is 0.923. The molecule has 104 valence electrons. The van der Waals surface area contributed by atoms with E-state index in [9.17, 15) is 4.79 Å². The Labute approximate surface area is 120 Å². The maximum absolute atomic E-state index is 11.9. The molecule has 0 radical (unpaired) electrons. The standard InChI is InChI=1S/C15H20N2O.ClH/c18-15(11-17-8-1-2-9-17)16-14-7-6-12-4-3-5-13(12)10-14;/h6-7,10H,1-5,8-9,11H2,(H,16,18);1H. The van der Waals surface area contributed by atoms with E-state index in [0.29, 0.717) is 6.54 Å². The van der Waals surface area contributed by atoms with Gasteiger partial charge in [0.05, 0.1) is 6.54 Å². The van der Waals surface area contributed by atoms with Gasteiger partial charge < -0.3 is 5.32 Å². The van der Waals surface area contributed by atoms with Crippen LogP contribution >= 0.6 is 12.4 Å². The molecule has 19 heavy (non-hydrogen) atoms. The van der Waals surface area contributed by atoms with E-state index >= 15 is 0 Å². The second-order valence-electron chi connectivity index (χ2n) is 5.37. The first kappa shape index (κ1) is 14.4. The molecule has 0 saturated carbocycles. The van der Waals surface area contributed by atoms with Crippen LogP contribution in [0.15, 0.2) is 18.2 Å². The molecule has 1 aromatic rings. The fraction of sp³-hybridized carbons (Fsp3) is 0.533. The van der Waals surface area contributed by atoms with E-state index < -0.39 is 0 Å². The van der Waals surface area contributed by atoms with E-state index in [4.69, 9.17) is 0 Å². The lowest BCUT2D eigenvalue weighted by atomic mass is 10.1. The number of likely N-dealkylation sites (tertiary alicyclic amines) is 1. The number of hydrogen-bond donors (Lipinski definition) is 1. The third-order valence-electron chi connectivity index (χ3n) is 3.95. The van der Waals surface area contributed by atoms with Crippen molar-refractivity contribution in [3.05, 3.63) is 29.3 Å². The van der Waals surface area contributed by atoms with Gasteiger partial charge >= 0.3 is 0 Å². The molecule has 1 aliphatic carbocycles. The number of amides is 1. The normalized spacial score (nSPS) is 17.9. The maximum atomic E-state index is 11.9. The van der Waals surface area contributed by atoms with Gasteiger partial charge in [0, 0.05) is 5.69 Å². The molecule has 1 aromatic carbocycles. The number of nitrogens with one attached hydrogen (secondary N) is 1. The van der Waals surface area contributed by atoms with Crippen molar-refractivity contribution in [1.29, 1.82) is 0 Å². The lowest BCUT2D eigenvalue weighted by Crippen LogP contribution is -2.30. The lowest BCUT2D eigenvalue weighted by Gasteiger charge is -2.14. The number of rotatable bonds is 3. The van der Waals surface area contributed by atoms with Gasteiger partial charge in [-0.2, -0.15) is 0 Å². The van der Waals surface area contributed by atoms with E-state index in [0.717, 1.165) is 25.2 Å². The molecule has 3 nitrogen and oxygen atoms in total. The largest absolute Gasteiger partial charge is 0.325 e. The van der Waals surface area contributed by atoms with Gasteiger partial charge in [-0.15, -0.1) is 12.4 Å². The Morgan fingerprint density at radius 2 is 1.84 bits per heavy atom. The van der Waals surface area contributed by atoms with E-state index in [1.807, 2.05) is 6.07 Å². The Hall–Kier alpha value is -1.06. The zero-order valence-electron chi connectivity index (χ0n) is 11.2. The van der Waals surface area contributed by atoms with Gasteiger partial charge in [-0.1, -0.05) is 6.07 Å². The van der Waals surface area contributed by atoms with E-state index in [2.05, 4.69) is 22.3 Å². The van der Waals surface area contributed by atoms with Crippen LogP contribution in [0, 0.1) is 0 Å². The number of nitrogens with zero attached hydrogens (tertiary/aromatic N) is 1. The minimum atomic E-state index is 0. The number of anilines is 1. The number of aryl methyl sites for hydroxylation is 2. The first-order chi connectivity index (χ1) is 8.81.